The fourth-order valence-electron chi connectivity index (χ4n) is 3.26. The lowest BCUT2D eigenvalue weighted by molar-refractivity contribution is 0.467. The molecule has 1 aliphatic heterocycles. The molecular formula is C20H27FIN5. The standard InChI is InChI=1S/C20H26FN5.HI/c1-15-6-4-10-23-19(15)13-24-20(22-2)25-17-8-5-11-26(14-17)18-9-3-7-16(21)12-18;/h3-4,6-7,9-10,12,17H,5,8,11,13-14H2,1-2H3,(H2,22,24,25);1H. The molecule has 0 radical (unpaired) electrons. The molecule has 5 nitrogen and oxygen atoms in total. The zero-order chi connectivity index (χ0) is 18.4. The molecule has 1 unspecified atom stereocenters. The van der Waals surface area contributed by atoms with Gasteiger partial charge in [-0.2, -0.15) is 0 Å². The van der Waals surface area contributed by atoms with Crippen molar-refractivity contribution in [1.29, 1.82) is 0 Å². The van der Waals surface area contributed by atoms with Crippen molar-refractivity contribution in [3.8, 4) is 0 Å². The fraction of sp³-hybridized carbons (Fsp3) is 0.400. The highest BCUT2D eigenvalue weighted by atomic mass is 127. The van der Waals surface area contributed by atoms with Gasteiger partial charge in [0.15, 0.2) is 5.96 Å². The van der Waals surface area contributed by atoms with E-state index < -0.39 is 0 Å². The van der Waals surface area contributed by atoms with Crippen molar-refractivity contribution in [3.05, 3.63) is 59.7 Å². The number of pyridine rings is 1. The maximum atomic E-state index is 13.5. The highest BCUT2D eigenvalue weighted by Gasteiger charge is 2.21. The van der Waals surface area contributed by atoms with Crippen LogP contribution in [-0.4, -0.2) is 37.1 Å². The Balaban J connectivity index is 0.00000261. The van der Waals surface area contributed by atoms with Crippen molar-refractivity contribution in [1.82, 2.24) is 15.6 Å². The second kappa shape index (κ2) is 10.4. The Hall–Kier alpha value is -1.90. The summed E-state index contributed by atoms with van der Waals surface area (Å²) in [5.41, 5.74) is 3.11. The van der Waals surface area contributed by atoms with E-state index in [2.05, 4.69) is 38.5 Å². The predicted octanol–water partition coefficient (Wildman–Crippen LogP) is 3.48. The van der Waals surface area contributed by atoms with Crippen LogP contribution in [-0.2, 0) is 6.54 Å². The number of hydrogen-bond donors (Lipinski definition) is 2. The summed E-state index contributed by atoms with van der Waals surface area (Å²) in [6, 6.07) is 11.1. The summed E-state index contributed by atoms with van der Waals surface area (Å²) < 4.78 is 13.5. The van der Waals surface area contributed by atoms with Crippen LogP contribution in [0.2, 0.25) is 0 Å². The van der Waals surface area contributed by atoms with Crippen molar-refractivity contribution >= 4 is 35.6 Å². The maximum absolute atomic E-state index is 13.5. The maximum Gasteiger partial charge on any atom is 0.191 e. The van der Waals surface area contributed by atoms with E-state index in [1.807, 2.05) is 12.1 Å². The van der Waals surface area contributed by atoms with Crippen molar-refractivity contribution < 1.29 is 4.39 Å². The molecule has 0 aliphatic carbocycles. The van der Waals surface area contributed by atoms with Crippen LogP contribution in [0.5, 0.6) is 0 Å². The van der Waals surface area contributed by atoms with E-state index in [0.717, 1.165) is 48.8 Å². The molecule has 1 atom stereocenters. The summed E-state index contributed by atoms with van der Waals surface area (Å²) >= 11 is 0. The van der Waals surface area contributed by atoms with Gasteiger partial charge in [0.1, 0.15) is 5.82 Å². The van der Waals surface area contributed by atoms with Crippen LogP contribution in [0.4, 0.5) is 10.1 Å². The quantitative estimate of drug-likeness (QED) is 0.398. The number of aliphatic imine (C=N–C) groups is 1. The first-order valence-corrected chi connectivity index (χ1v) is 9.04. The van der Waals surface area contributed by atoms with E-state index in [0.29, 0.717) is 6.54 Å². The summed E-state index contributed by atoms with van der Waals surface area (Å²) in [7, 11) is 1.77. The van der Waals surface area contributed by atoms with Crippen molar-refractivity contribution in [2.24, 2.45) is 4.99 Å². The molecule has 2 N–H and O–H groups in total. The number of guanidine groups is 1. The second-order valence-corrected chi connectivity index (χ2v) is 6.60. The minimum absolute atomic E-state index is 0. The van der Waals surface area contributed by atoms with Gasteiger partial charge in [-0.1, -0.05) is 12.1 Å². The summed E-state index contributed by atoms with van der Waals surface area (Å²) in [6.45, 7) is 4.46. The second-order valence-electron chi connectivity index (χ2n) is 6.60. The van der Waals surface area contributed by atoms with Crippen LogP contribution in [0.25, 0.3) is 0 Å². The molecule has 2 heterocycles. The number of nitrogens with zero attached hydrogens (tertiary/aromatic N) is 3. The zero-order valence-corrected chi connectivity index (χ0v) is 18.1. The average Bonchev–Trinajstić information content (AvgIpc) is 2.66. The van der Waals surface area contributed by atoms with Gasteiger partial charge in [0.05, 0.1) is 12.2 Å². The third kappa shape index (κ3) is 6.05. The molecule has 1 fully saturated rings. The number of halogens is 2. The normalized spacial score (nSPS) is 17.2. The van der Waals surface area contributed by atoms with Gasteiger partial charge >= 0.3 is 0 Å². The molecular weight excluding hydrogens is 456 g/mol. The molecule has 1 aromatic heterocycles. The summed E-state index contributed by atoms with van der Waals surface area (Å²) in [6.07, 6.45) is 3.93. The number of aromatic nitrogens is 1. The average molecular weight is 483 g/mol. The number of aryl methyl sites for hydroxylation is 1. The number of benzene rings is 1. The number of hydrogen-bond acceptors (Lipinski definition) is 3. The Kier molecular flexibility index (Phi) is 8.27. The molecule has 0 saturated carbocycles. The minimum Gasteiger partial charge on any atom is -0.369 e. The third-order valence-corrected chi connectivity index (χ3v) is 4.70. The highest BCUT2D eigenvalue weighted by Crippen LogP contribution is 2.20. The van der Waals surface area contributed by atoms with E-state index in [1.165, 1.54) is 6.07 Å². The lowest BCUT2D eigenvalue weighted by Crippen LogP contribution is -2.51. The topological polar surface area (TPSA) is 52.6 Å². The first kappa shape index (κ1) is 21.4. The molecule has 3 rings (SSSR count). The predicted molar refractivity (Wildman–Crippen MR) is 119 cm³/mol. The van der Waals surface area contributed by atoms with Gasteiger partial charge in [-0.25, -0.2) is 4.39 Å². The smallest absolute Gasteiger partial charge is 0.191 e. The Bertz CT molecular complexity index is 768. The van der Waals surface area contributed by atoms with Gasteiger partial charge in [-0.15, -0.1) is 24.0 Å². The van der Waals surface area contributed by atoms with Crippen molar-refractivity contribution in [2.45, 2.75) is 32.4 Å². The Morgan fingerprint density at radius 3 is 2.93 bits per heavy atom. The third-order valence-electron chi connectivity index (χ3n) is 4.70. The van der Waals surface area contributed by atoms with Crippen LogP contribution >= 0.6 is 24.0 Å². The van der Waals surface area contributed by atoms with E-state index in [4.69, 9.17) is 0 Å². The lowest BCUT2D eigenvalue weighted by atomic mass is 10.0. The largest absolute Gasteiger partial charge is 0.369 e. The number of piperidine rings is 1. The molecule has 7 heteroatoms. The van der Waals surface area contributed by atoms with E-state index >= 15 is 0 Å². The van der Waals surface area contributed by atoms with Gasteiger partial charge in [-0.05, 0) is 49.6 Å². The Labute approximate surface area is 177 Å². The molecule has 1 aliphatic rings. The SMILES string of the molecule is CN=C(NCc1ncccc1C)NC1CCCN(c2cccc(F)c2)C1.I. The van der Waals surface area contributed by atoms with Crippen LogP contribution in [0, 0.1) is 12.7 Å². The minimum atomic E-state index is -0.194. The van der Waals surface area contributed by atoms with Crippen LogP contribution in [0.1, 0.15) is 24.1 Å². The molecule has 1 saturated heterocycles. The van der Waals surface area contributed by atoms with Gasteiger partial charge in [-0.3, -0.25) is 9.98 Å². The number of rotatable bonds is 4. The zero-order valence-electron chi connectivity index (χ0n) is 15.8. The van der Waals surface area contributed by atoms with Crippen LogP contribution in [0.15, 0.2) is 47.6 Å². The highest BCUT2D eigenvalue weighted by molar-refractivity contribution is 14.0. The molecule has 146 valence electrons. The first-order chi connectivity index (χ1) is 12.7. The van der Waals surface area contributed by atoms with Gasteiger partial charge < -0.3 is 15.5 Å². The van der Waals surface area contributed by atoms with Gasteiger partial charge in [0.2, 0.25) is 0 Å². The van der Waals surface area contributed by atoms with Gasteiger partial charge in [0, 0.05) is 38.1 Å². The summed E-state index contributed by atoms with van der Waals surface area (Å²) in [4.78, 5) is 11.0. The van der Waals surface area contributed by atoms with E-state index in [1.54, 1.807) is 25.4 Å². The van der Waals surface area contributed by atoms with Crippen molar-refractivity contribution in [3.63, 3.8) is 0 Å². The molecule has 2 aromatic rings. The van der Waals surface area contributed by atoms with E-state index in [9.17, 15) is 4.39 Å². The molecule has 0 amide bonds. The lowest BCUT2D eigenvalue weighted by Gasteiger charge is -2.35. The van der Waals surface area contributed by atoms with Gasteiger partial charge in [0.25, 0.3) is 0 Å². The summed E-state index contributed by atoms with van der Waals surface area (Å²) in [5.74, 6) is 0.571. The van der Waals surface area contributed by atoms with E-state index in [-0.39, 0.29) is 35.8 Å². The fourth-order valence-corrected chi connectivity index (χ4v) is 3.26. The number of anilines is 1. The number of nitrogens with one attached hydrogen (secondary N) is 2. The monoisotopic (exact) mass is 483 g/mol. The van der Waals surface area contributed by atoms with Crippen molar-refractivity contribution in [2.75, 3.05) is 25.0 Å². The summed E-state index contributed by atoms with van der Waals surface area (Å²) in [5, 5.41) is 6.82. The molecule has 27 heavy (non-hydrogen) atoms. The molecule has 0 bridgehead atoms. The Morgan fingerprint density at radius 2 is 2.19 bits per heavy atom. The molecule has 0 spiro atoms. The first-order valence-electron chi connectivity index (χ1n) is 9.04. The Morgan fingerprint density at radius 1 is 1.33 bits per heavy atom. The van der Waals surface area contributed by atoms with Crippen LogP contribution < -0.4 is 15.5 Å². The molecule has 1 aromatic carbocycles. The van der Waals surface area contributed by atoms with Crippen LogP contribution in [0.3, 0.4) is 0 Å².